The van der Waals surface area contributed by atoms with Gasteiger partial charge in [0.2, 0.25) is 0 Å². The number of amides is 2. The third kappa shape index (κ3) is 6.36. The fourth-order valence-corrected chi connectivity index (χ4v) is 4.36. The van der Waals surface area contributed by atoms with Crippen LogP contribution >= 0.6 is 15.9 Å². The van der Waals surface area contributed by atoms with E-state index >= 15 is 0 Å². The molecule has 0 aliphatic carbocycles. The summed E-state index contributed by atoms with van der Waals surface area (Å²) < 4.78 is 38.9. The van der Waals surface area contributed by atoms with Crippen molar-refractivity contribution in [2.45, 2.75) is 11.8 Å². The zero-order valence-electron chi connectivity index (χ0n) is 17.5. The van der Waals surface area contributed by atoms with Gasteiger partial charge in [-0.05, 0) is 55.5 Å². The predicted molar refractivity (Wildman–Crippen MR) is 122 cm³/mol. The third-order valence-electron chi connectivity index (χ3n) is 4.75. The van der Waals surface area contributed by atoms with Gasteiger partial charge in [-0.1, -0.05) is 15.9 Å². The van der Waals surface area contributed by atoms with E-state index in [1.807, 2.05) is 0 Å². The maximum atomic E-state index is 12.5. The van der Waals surface area contributed by atoms with Gasteiger partial charge in [0.25, 0.3) is 15.9 Å². The minimum absolute atomic E-state index is 0.0779. The Balaban J connectivity index is 1.50. The van der Waals surface area contributed by atoms with E-state index in [-0.39, 0.29) is 23.5 Å². The second-order valence-electron chi connectivity index (χ2n) is 6.94. The second-order valence-corrected chi connectivity index (χ2v) is 9.54. The second kappa shape index (κ2) is 10.7. The number of benzene rings is 2. The van der Waals surface area contributed by atoms with Crippen LogP contribution in [-0.4, -0.2) is 69.6 Å². The van der Waals surface area contributed by atoms with E-state index in [2.05, 4.69) is 20.7 Å². The van der Waals surface area contributed by atoms with Crippen molar-refractivity contribution in [2.24, 2.45) is 0 Å². The van der Waals surface area contributed by atoms with Crippen LogP contribution in [0.4, 0.5) is 10.5 Å². The van der Waals surface area contributed by atoms with Gasteiger partial charge < -0.3 is 19.3 Å². The minimum atomic E-state index is -3.75. The van der Waals surface area contributed by atoms with Gasteiger partial charge >= 0.3 is 6.09 Å². The Labute approximate surface area is 195 Å². The zero-order chi connectivity index (χ0) is 23.1. The van der Waals surface area contributed by atoms with Gasteiger partial charge in [0.15, 0.2) is 6.61 Å². The Hall–Kier alpha value is -2.79. The van der Waals surface area contributed by atoms with E-state index in [9.17, 15) is 18.0 Å². The first kappa shape index (κ1) is 23.9. The summed E-state index contributed by atoms with van der Waals surface area (Å²) in [6.07, 6.45) is -0.375. The van der Waals surface area contributed by atoms with Crippen LogP contribution in [0, 0.1) is 0 Å². The Kier molecular flexibility index (Phi) is 7.97. The van der Waals surface area contributed by atoms with Crippen LogP contribution in [0.15, 0.2) is 57.9 Å². The van der Waals surface area contributed by atoms with E-state index in [0.29, 0.717) is 44.2 Å². The highest BCUT2D eigenvalue weighted by Gasteiger charge is 2.25. The van der Waals surface area contributed by atoms with Crippen molar-refractivity contribution in [3.8, 4) is 5.75 Å². The van der Waals surface area contributed by atoms with Gasteiger partial charge in [-0.2, -0.15) is 0 Å². The van der Waals surface area contributed by atoms with Crippen LogP contribution in [0.1, 0.15) is 6.92 Å². The van der Waals surface area contributed by atoms with Crippen molar-refractivity contribution in [1.82, 2.24) is 9.80 Å². The van der Waals surface area contributed by atoms with Gasteiger partial charge in [-0.3, -0.25) is 9.52 Å². The summed E-state index contributed by atoms with van der Waals surface area (Å²) in [4.78, 5) is 27.4. The number of nitrogens with one attached hydrogen (secondary N) is 1. The van der Waals surface area contributed by atoms with Crippen molar-refractivity contribution in [2.75, 3.05) is 44.1 Å². The number of hydrogen-bond acceptors (Lipinski definition) is 6. The first-order chi connectivity index (χ1) is 15.3. The van der Waals surface area contributed by atoms with Crippen molar-refractivity contribution in [3.63, 3.8) is 0 Å². The molecule has 2 amide bonds. The lowest BCUT2D eigenvalue weighted by atomic mass is 10.3. The molecule has 1 saturated heterocycles. The van der Waals surface area contributed by atoms with Crippen LogP contribution in [0.5, 0.6) is 5.75 Å². The molecule has 0 aromatic heterocycles. The minimum Gasteiger partial charge on any atom is -0.484 e. The molecule has 0 spiro atoms. The molecule has 3 rings (SSSR count). The average molecular weight is 526 g/mol. The summed E-state index contributed by atoms with van der Waals surface area (Å²) in [5.41, 5.74) is 0.446. The van der Waals surface area contributed by atoms with Crippen molar-refractivity contribution in [1.29, 1.82) is 0 Å². The maximum absolute atomic E-state index is 12.5. The number of hydrogen-bond donors (Lipinski definition) is 1. The molecule has 1 aliphatic heterocycles. The lowest BCUT2D eigenvalue weighted by molar-refractivity contribution is -0.134. The van der Waals surface area contributed by atoms with Gasteiger partial charge in [0.05, 0.1) is 11.5 Å². The molecule has 1 fully saturated rings. The Morgan fingerprint density at radius 1 is 0.969 bits per heavy atom. The third-order valence-corrected chi connectivity index (χ3v) is 6.68. The normalized spacial score (nSPS) is 14.1. The smallest absolute Gasteiger partial charge is 0.409 e. The fourth-order valence-electron chi connectivity index (χ4n) is 3.04. The molecule has 1 heterocycles. The molecule has 2 aromatic rings. The van der Waals surface area contributed by atoms with Gasteiger partial charge in [0, 0.05) is 36.3 Å². The molecular weight excluding hydrogens is 502 g/mol. The molecule has 11 heteroatoms. The Bertz CT molecular complexity index is 1040. The van der Waals surface area contributed by atoms with Crippen molar-refractivity contribution >= 4 is 43.6 Å². The standard InChI is InChI=1S/C21H24BrN3O6S/c1-2-30-21(27)25-13-11-24(12-14-25)20(26)15-31-18-7-9-19(10-8-18)32(28,29)23-17-5-3-16(22)4-6-17/h3-10,23H,2,11-15H2,1H3. The van der Waals surface area contributed by atoms with E-state index in [4.69, 9.17) is 9.47 Å². The first-order valence-corrected chi connectivity index (χ1v) is 12.3. The Morgan fingerprint density at radius 3 is 2.16 bits per heavy atom. The highest BCUT2D eigenvalue weighted by Crippen LogP contribution is 2.21. The number of halogens is 1. The molecule has 0 atom stereocenters. The number of anilines is 1. The van der Waals surface area contributed by atoms with Crippen LogP contribution in [0.2, 0.25) is 0 Å². The summed E-state index contributed by atoms with van der Waals surface area (Å²) in [5, 5.41) is 0. The fraction of sp³-hybridized carbons (Fsp3) is 0.333. The average Bonchev–Trinajstić information content (AvgIpc) is 2.79. The summed E-state index contributed by atoms with van der Waals surface area (Å²) in [6.45, 7) is 3.50. The molecule has 172 valence electrons. The van der Waals surface area contributed by atoms with E-state index in [1.54, 1.807) is 41.0 Å². The van der Waals surface area contributed by atoms with Gasteiger partial charge in [-0.25, -0.2) is 13.2 Å². The van der Waals surface area contributed by atoms with Crippen molar-refractivity contribution < 1.29 is 27.5 Å². The molecule has 0 unspecified atom stereocenters. The summed E-state index contributed by atoms with van der Waals surface area (Å²) in [6, 6.07) is 12.6. The highest BCUT2D eigenvalue weighted by atomic mass is 79.9. The largest absolute Gasteiger partial charge is 0.484 e. The molecule has 0 saturated carbocycles. The molecule has 32 heavy (non-hydrogen) atoms. The van der Waals surface area contributed by atoms with Gasteiger partial charge in [0.1, 0.15) is 5.75 Å². The quantitative estimate of drug-likeness (QED) is 0.595. The number of carbonyl (C=O) groups is 2. The number of piperazine rings is 1. The molecule has 0 radical (unpaired) electrons. The molecule has 1 N–H and O–H groups in total. The summed E-state index contributed by atoms with van der Waals surface area (Å²) in [5.74, 6) is 0.174. The highest BCUT2D eigenvalue weighted by molar-refractivity contribution is 9.10. The van der Waals surface area contributed by atoms with Crippen LogP contribution in [-0.2, 0) is 19.6 Å². The molecular formula is C21H24BrN3O6S. The monoisotopic (exact) mass is 525 g/mol. The van der Waals surface area contributed by atoms with E-state index in [1.165, 1.54) is 24.3 Å². The van der Waals surface area contributed by atoms with Crippen LogP contribution in [0.3, 0.4) is 0 Å². The summed E-state index contributed by atoms with van der Waals surface area (Å²) in [7, 11) is -3.75. The number of ether oxygens (including phenoxy) is 2. The number of rotatable bonds is 7. The number of nitrogens with zero attached hydrogens (tertiary/aromatic N) is 2. The van der Waals surface area contributed by atoms with Crippen LogP contribution < -0.4 is 9.46 Å². The molecule has 0 bridgehead atoms. The molecule has 9 nitrogen and oxygen atoms in total. The number of carbonyl (C=O) groups excluding carboxylic acids is 2. The number of sulfonamides is 1. The molecule has 1 aliphatic rings. The zero-order valence-corrected chi connectivity index (χ0v) is 19.9. The van der Waals surface area contributed by atoms with E-state index < -0.39 is 10.0 Å². The Morgan fingerprint density at radius 2 is 1.56 bits per heavy atom. The van der Waals surface area contributed by atoms with Crippen molar-refractivity contribution in [3.05, 3.63) is 53.0 Å². The predicted octanol–water partition coefficient (Wildman–Crippen LogP) is 2.93. The first-order valence-electron chi connectivity index (χ1n) is 9.99. The van der Waals surface area contributed by atoms with E-state index in [0.717, 1.165) is 4.47 Å². The maximum Gasteiger partial charge on any atom is 0.409 e. The topological polar surface area (TPSA) is 105 Å². The lowest BCUT2D eigenvalue weighted by Gasteiger charge is -2.33. The molecule has 2 aromatic carbocycles. The van der Waals surface area contributed by atoms with Gasteiger partial charge in [-0.15, -0.1) is 0 Å². The van der Waals surface area contributed by atoms with Crippen LogP contribution in [0.25, 0.3) is 0 Å². The lowest BCUT2D eigenvalue weighted by Crippen LogP contribution is -2.51. The summed E-state index contributed by atoms with van der Waals surface area (Å²) >= 11 is 3.30. The SMILES string of the molecule is CCOC(=O)N1CCN(C(=O)COc2ccc(S(=O)(=O)Nc3ccc(Br)cc3)cc2)CC1.